The Bertz CT molecular complexity index is 522. The fourth-order valence-electron chi connectivity index (χ4n) is 2.23. The van der Waals surface area contributed by atoms with Gasteiger partial charge in [-0.3, -0.25) is 0 Å². The Morgan fingerprint density at radius 3 is 2.37 bits per heavy atom. The smallest absolute Gasteiger partial charge is 0.163 e. The molecule has 1 heterocycles. The molecule has 0 aliphatic heterocycles. The highest BCUT2D eigenvalue weighted by atomic mass is 16.5. The number of rotatable bonds is 5. The van der Waals surface area contributed by atoms with E-state index in [4.69, 9.17) is 15.2 Å². The fourth-order valence-corrected chi connectivity index (χ4v) is 2.23. The Morgan fingerprint density at radius 1 is 1.21 bits per heavy atom. The number of benzene rings is 1. The van der Waals surface area contributed by atoms with Crippen molar-refractivity contribution in [1.82, 2.24) is 9.97 Å². The number of nitrogens with zero attached hydrogens (tertiary/aromatic N) is 1. The third-order valence-corrected chi connectivity index (χ3v) is 3.42. The molecular weight excluding hydrogens is 242 g/mol. The van der Waals surface area contributed by atoms with Crippen LogP contribution in [0.1, 0.15) is 25.6 Å². The molecule has 0 saturated carbocycles. The van der Waals surface area contributed by atoms with Gasteiger partial charge in [-0.1, -0.05) is 13.8 Å². The molecule has 0 amide bonds. The van der Waals surface area contributed by atoms with E-state index in [2.05, 4.69) is 23.8 Å². The SMILES string of the molecule is COc1cc2nc(C(CN)C(C)C)[nH]c2cc1OC. The molecular formula is C14H21N3O2. The Morgan fingerprint density at radius 2 is 1.84 bits per heavy atom. The van der Waals surface area contributed by atoms with Crippen molar-refractivity contribution in [2.75, 3.05) is 20.8 Å². The maximum Gasteiger partial charge on any atom is 0.163 e. The summed E-state index contributed by atoms with van der Waals surface area (Å²) in [5.74, 6) is 2.96. The predicted molar refractivity (Wildman–Crippen MR) is 75.8 cm³/mol. The molecule has 19 heavy (non-hydrogen) atoms. The lowest BCUT2D eigenvalue weighted by molar-refractivity contribution is 0.356. The summed E-state index contributed by atoms with van der Waals surface area (Å²) < 4.78 is 10.6. The van der Waals surface area contributed by atoms with Crippen LogP contribution in [0.5, 0.6) is 11.5 Å². The summed E-state index contributed by atoms with van der Waals surface area (Å²) in [4.78, 5) is 7.95. The van der Waals surface area contributed by atoms with Crippen LogP contribution in [0.25, 0.3) is 11.0 Å². The molecule has 0 saturated heterocycles. The van der Waals surface area contributed by atoms with E-state index in [1.165, 1.54) is 0 Å². The van der Waals surface area contributed by atoms with Gasteiger partial charge in [0.25, 0.3) is 0 Å². The molecule has 5 heteroatoms. The molecule has 0 aliphatic rings. The molecule has 0 fully saturated rings. The maximum atomic E-state index is 5.83. The summed E-state index contributed by atoms with van der Waals surface area (Å²) in [7, 11) is 3.24. The lowest BCUT2D eigenvalue weighted by Crippen LogP contribution is -2.18. The second-order valence-electron chi connectivity index (χ2n) is 4.93. The molecule has 1 aromatic heterocycles. The Kier molecular flexibility index (Phi) is 3.95. The molecule has 0 aliphatic carbocycles. The van der Waals surface area contributed by atoms with Gasteiger partial charge in [0.1, 0.15) is 5.82 Å². The van der Waals surface area contributed by atoms with E-state index in [1.54, 1.807) is 14.2 Å². The molecule has 0 radical (unpaired) electrons. The molecule has 104 valence electrons. The van der Waals surface area contributed by atoms with E-state index in [1.807, 2.05) is 12.1 Å². The van der Waals surface area contributed by atoms with Crippen molar-refractivity contribution in [3.8, 4) is 11.5 Å². The third-order valence-electron chi connectivity index (χ3n) is 3.42. The first-order valence-electron chi connectivity index (χ1n) is 6.42. The van der Waals surface area contributed by atoms with Crippen molar-refractivity contribution in [1.29, 1.82) is 0 Å². The number of hydrogen-bond acceptors (Lipinski definition) is 4. The van der Waals surface area contributed by atoms with Crippen LogP contribution < -0.4 is 15.2 Å². The molecule has 1 aromatic carbocycles. The maximum absolute atomic E-state index is 5.83. The van der Waals surface area contributed by atoms with Crippen molar-refractivity contribution in [2.24, 2.45) is 11.7 Å². The van der Waals surface area contributed by atoms with Gasteiger partial charge in [-0.25, -0.2) is 4.98 Å². The lowest BCUT2D eigenvalue weighted by Gasteiger charge is -2.15. The second kappa shape index (κ2) is 5.48. The van der Waals surface area contributed by atoms with Crippen LogP contribution in [0.4, 0.5) is 0 Å². The number of methoxy groups -OCH3 is 2. The zero-order valence-electron chi connectivity index (χ0n) is 11.9. The summed E-state index contributed by atoms with van der Waals surface area (Å²) in [6.45, 7) is 4.86. The molecule has 5 nitrogen and oxygen atoms in total. The summed E-state index contributed by atoms with van der Waals surface area (Å²) in [6, 6.07) is 3.78. The summed E-state index contributed by atoms with van der Waals surface area (Å²) >= 11 is 0. The van der Waals surface area contributed by atoms with Crippen molar-refractivity contribution in [2.45, 2.75) is 19.8 Å². The quantitative estimate of drug-likeness (QED) is 0.868. The Labute approximate surface area is 113 Å². The summed E-state index contributed by atoms with van der Waals surface area (Å²) in [6.07, 6.45) is 0. The average Bonchev–Trinajstić information content (AvgIpc) is 2.79. The number of aromatic nitrogens is 2. The van der Waals surface area contributed by atoms with Crippen molar-refractivity contribution in [3.05, 3.63) is 18.0 Å². The number of nitrogens with two attached hydrogens (primary N) is 1. The van der Waals surface area contributed by atoms with Crippen LogP contribution in [0.2, 0.25) is 0 Å². The molecule has 1 unspecified atom stereocenters. The summed E-state index contributed by atoms with van der Waals surface area (Å²) in [5.41, 5.74) is 7.63. The molecule has 0 spiro atoms. The van der Waals surface area contributed by atoms with Crippen LogP contribution in [0.15, 0.2) is 12.1 Å². The number of aromatic amines is 1. The van der Waals surface area contributed by atoms with Crippen LogP contribution >= 0.6 is 0 Å². The minimum Gasteiger partial charge on any atom is -0.493 e. The second-order valence-corrected chi connectivity index (χ2v) is 4.93. The van der Waals surface area contributed by atoms with Crippen LogP contribution in [-0.4, -0.2) is 30.7 Å². The van der Waals surface area contributed by atoms with Gasteiger partial charge in [0.15, 0.2) is 11.5 Å². The number of fused-ring (bicyclic) bond motifs is 1. The van der Waals surface area contributed by atoms with Crippen LogP contribution in [0.3, 0.4) is 0 Å². The first-order valence-corrected chi connectivity index (χ1v) is 6.42. The Balaban J connectivity index is 2.50. The molecule has 1 atom stereocenters. The van der Waals surface area contributed by atoms with Crippen molar-refractivity contribution >= 4 is 11.0 Å². The standard InChI is InChI=1S/C14H21N3O2/c1-8(2)9(7-15)14-16-10-5-12(18-3)13(19-4)6-11(10)17-14/h5-6,8-9H,7,15H2,1-4H3,(H,16,17). The van der Waals surface area contributed by atoms with E-state index in [-0.39, 0.29) is 5.92 Å². The van der Waals surface area contributed by atoms with Crippen molar-refractivity contribution < 1.29 is 9.47 Å². The van der Waals surface area contributed by atoms with Crippen LogP contribution in [0, 0.1) is 5.92 Å². The van der Waals surface area contributed by atoms with Gasteiger partial charge < -0.3 is 20.2 Å². The third kappa shape index (κ3) is 2.51. The van der Waals surface area contributed by atoms with Gasteiger partial charge in [-0.2, -0.15) is 0 Å². The van der Waals surface area contributed by atoms with Gasteiger partial charge in [0.2, 0.25) is 0 Å². The topological polar surface area (TPSA) is 73.2 Å². The van der Waals surface area contributed by atoms with E-state index in [0.717, 1.165) is 16.9 Å². The molecule has 2 aromatic rings. The fraction of sp³-hybridized carbons (Fsp3) is 0.500. The number of H-pyrrole nitrogens is 1. The predicted octanol–water partition coefficient (Wildman–Crippen LogP) is 2.28. The normalized spacial score (nSPS) is 12.9. The first-order chi connectivity index (χ1) is 9.10. The van der Waals surface area contributed by atoms with E-state index >= 15 is 0 Å². The van der Waals surface area contributed by atoms with Gasteiger partial charge in [-0.15, -0.1) is 0 Å². The number of hydrogen-bond donors (Lipinski definition) is 2. The molecule has 2 rings (SSSR count). The van der Waals surface area contributed by atoms with Gasteiger partial charge in [0, 0.05) is 24.6 Å². The average molecular weight is 263 g/mol. The van der Waals surface area contributed by atoms with Gasteiger partial charge in [-0.05, 0) is 5.92 Å². The van der Waals surface area contributed by atoms with Gasteiger partial charge in [0.05, 0.1) is 25.3 Å². The Hall–Kier alpha value is -1.75. The molecule has 0 bridgehead atoms. The van der Waals surface area contributed by atoms with Gasteiger partial charge >= 0.3 is 0 Å². The van der Waals surface area contributed by atoms with E-state index in [0.29, 0.717) is 24.0 Å². The highest BCUT2D eigenvalue weighted by molar-refractivity contribution is 5.79. The zero-order chi connectivity index (χ0) is 14.0. The number of nitrogens with one attached hydrogen (secondary N) is 1. The minimum atomic E-state index is 0.226. The summed E-state index contributed by atoms with van der Waals surface area (Å²) in [5, 5.41) is 0. The minimum absolute atomic E-state index is 0.226. The molecule has 3 N–H and O–H groups in total. The first kappa shape index (κ1) is 13.7. The van der Waals surface area contributed by atoms with Crippen LogP contribution in [-0.2, 0) is 0 Å². The lowest BCUT2D eigenvalue weighted by atomic mass is 9.95. The number of imidazole rings is 1. The monoisotopic (exact) mass is 263 g/mol. The van der Waals surface area contributed by atoms with Crippen molar-refractivity contribution in [3.63, 3.8) is 0 Å². The van der Waals surface area contributed by atoms with E-state index in [9.17, 15) is 0 Å². The number of ether oxygens (including phenoxy) is 2. The van der Waals surface area contributed by atoms with E-state index < -0.39 is 0 Å². The highest BCUT2D eigenvalue weighted by Crippen LogP contribution is 2.32. The highest BCUT2D eigenvalue weighted by Gasteiger charge is 2.19. The zero-order valence-corrected chi connectivity index (χ0v) is 11.9. The largest absolute Gasteiger partial charge is 0.493 e.